The second-order valence-electron chi connectivity index (χ2n) is 10.9. The Bertz CT molecular complexity index is 1320. The van der Waals surface area contributed by atoms with Gasteiger partial charge in [0, 0.05) is 13.0 Å². The van der Waals surface area contributed by atoms with Crippen LogP contribution >= 0.6 is 0 Å². The number of aliphatic carboxylic acids is 1. The number of nitrogens with zero attached hydrogens (tertiary/aromatic N) is 2. The van der Waals surface area contributed by atoms with Crippen LogP contribution in [0.5, 0.6) is 0 Å². The van der Waals surface area contributed by atoms with Gasteiger partial charge in [0.1, 0.15) is 24.4 Å². The van der Waals surface area contributed by atoms with Gasteiger partial charge in [-0.1, -0.05) is 80.9 Å². The molecule has 2 aromatic carbocycles. The summed E-state index contributed by atoms with van der Waals surface area (Å²) in [5.41, 5.74) is 13.2. The number of primary amides is 1. The van der Waals surface area contributed by atoms with Crippen LogP contribution in [0.25, 0.3) is 0 Å². The van der Waals surface area contributed by atoms with Crippen molar-refractivity contribution in [3.63, 3.8) is 0 Å². The van der Waals surface area contributed by atoms with E-state index in [0.29, 0.717) is 18.3 Å². The highest BCUT2D eigenvalue weighted by molar-refractivity contribution is 5.95. The molecule has 0 saturated carbocycles. The van der Waals surface area contributed by atoms with Gasteiger partial charge < -0.3 is 42.2 Å². The smallest absolute Gasteiger partial charge is 0.326 e. The third kappa shape index (κ3) is 9.03. The summed E-state index contributed by atoms with van der Waals surface area (Å²) in [6, 6.07) is 11.1. The number of hydrogen-bond donors (Lipinski definition) is 6. The zero-order valence-corrected chi connectivity index (χ0v) is 24.9. The van der Waals surface area contributed by atoms with Crippen LogP contribution in [0.15, 0.2) is 65.7 Å². The van der Waals surface area contributed by atoms with Gasteiger partial charge in [-0.2, -0.15) is 0 Å². The van der Waals surface area contributed by atoms with Crippen LogP contribution in [-0.4, -0.2) is 82.8 Å². The quantitative estimate of drug-likeness (QED) is 0.157. The summed E-state index contributed by atoms with van der Waals surface area (Å²) in [7, 11) is 0. The lowest BCUT2D eigenvalue weighted by Gasteiger charge is -2.41. The monoisotopic (exact) mass is 607 g/mol. The first-order chi connectivity index (χ1) is 21.0. The summed E-state index contributed by atoms with van der Waals surface area (Å²) in [6.07, 6.45) is 1.41. The molecule has 236 valence electrons. The van der Waals surface area contributed by atoms with Crippen molar-refractivity contribution in [1.82, 2.24) is 20.9 Å². The minimum Gasteiger partial charge on any atom is -0.480 e. The number of amides is 4. The number of aldehydes is 1. The maximum absolute atomic E-state index is 14.5. The summed E-state index contributed by atoms with van der Waals surface area (Å²) in [4.78, 5) is 70.6. The third-order valence-corrected chi connectivity index (χ3v) is 7.73. The van der Waals surface area contributed by atoms with Crippen LogP contribution < -0.4 is 27.4 Å². The normalized spacial score (nSPS) is 17.8. The molecule has 0 aromatic heterocycles. The molecule has 3 rings (SSSR count). The van der Waals surface area contributed by atoms with Crippen molar-refractivity contribution < 1.29 is 29.1 Å². The largest absolute Gasteiger partial charge is 0.480 e. The molecule has 44 heavy (non-hydrogen) atoms. The number of carboxylic acid groups (broad SMARTS) is 1. The number of hydrogen-bond acceptors (Lipinski definition) is 8. The lowest BCUT2D eigenvalue weighted by molar-refractivity contribution is -0.148. The number of rotatable bonds is 15. The van der Waals surface area contributed by atoms with Crippen molar-refractivity contribution in [3.8, 4) is 0 Å². The minimum absolute atomic E-state index is 0.00231. The number of urea groups is 1. The Morgan fingerprint density at radius 1 is 1.05 bits per heavy atom. The van der Waals surface area contributed by atoms with E-state index < -0.39 is 59.9 Å². The number of guanidine groups is 1. The molecule has 2 aromatic rings. The number of carboxylic acids is 1. The Kier molecular flexibility index (Phi) is 12.2. The van der Waals surface area contributed by atoms with Gasteiger partial charge in [-0.3, -0.25) is 14.6 Å². The van der Waals surface area contributed by atoms with Crippen molar-refractivity contribution in [3.05, 3.63) is 71.8 Å². The topological polar surface area (TPSA) is 209 Å². The molecule has 0 fully saturated rings. The Hall–Kier alpha value is -4.94. The van der Waals surface area contributed by atoms with Gasteiger partial charge in [0.15, 0.2) is 5.96 Å². The SMILES string of the molecule is CC[C@H](C)[C@@H](C(N)=O)N(C(=O)C(NC(=O)N[C@@H](Cc1ccccc1)C(=O)O)[C@@H]1CCN=C(N)N1)C(C=O)Cc1ccccc1. The number of benzene rings is 2. The van der Waals surface area contributed by atoms with Gasteiger partial charge in [0.25, 0.3) is 0 Å². The highest BCUT2D eigenvalue weighted by atomic mass is 16.4. The molecule has 0 bridgehead atoms. The van der Waals surface area contributed by atoms with Crippen LogP contribution in [-0.2, 0) is 32.0 Å². The number of nitrogens with one attached hydrogen (secondary N) is 3. The summed E-state index contributed by atoms with van der Waals surface area (Å²) >= 11 is 0. The van der Waals surface area contributed by atoms with Crippen LogP contribution in [0, 0.1) is 5.92 Å². The highest BCUT2D eigenvalue weighted by Crippen LogP contribution is 2.22. The van der Waals surface area contributed by atoms with E-state index in [1.807, 2.05) is 13.0 Å². The zero-order chi connectivity index (χ0) is 32.2. The molecule has 1 aliphatic heterocycles. The molecular weight excluding hydrogens is 566 g/mol. The van der Waals surface area contributed by atoms with Crippen LogP contribution in [0.4, 0.5) is 4.79 Å². The van der Waals surface area contributed by atoms with Gasteiger partial charge in [-0.15, -0.1) is 0 Å². The molecule has 0 aliphatic carbocycles. The van der Waals surface area contributed by atoms with E-state index in [2.05, 4.69) is 20.9 Å². The van der Waals surface area contributed by atoms with Gasteiger partial charge in [0.05, 0.1) is 12.1 Å². The van der Waals surface area contributed by atoms with Crippen LogP contribution in [0.1, 0.15) is 37.8 Å². The standard InChI is InChI=1S/C31H41N7O6/c1-3-19(2)26(27(32)40)38(22(18-39)16-20-10-6-4-7-11-20)28(41)25(23-14-15-34-30(33)35-23)37-31(44)36-24(29(42)43)17-21-12-8-5-9-13-21/h4-13,18-19,22-26H,3,14-17H2,1-2H3,(H2,32,40)(H,42,43)(H3,33,34,35)(H2,36,37,44)/t19-,22?,23-,24-,25?,26-/m0/s1. The summed E-state index contributed by atoms with van der Waals surface area (Å²) in [5, 5.41) is 17.8. The first-order valence-corrected chi connectivity index (χ1v) is 14.6. The van der Waals surface area contributed by atoms with E-state index in [1.54, 1.807) is 61.5 Å². The average Bonchev–Trinajstić information content (AvgIpc) is 3.01. The van der Waals surface area contributed by atoms with Crippen molar-refractivity contribution in [2.24, 2.45) is 22.4 Å². The lowest BCUT2D eigenvalue weighted by Crippen LogP contribution is -2.67. The molecule has 2 unspecified atom stereocenters. The third-order valence-electron chi connectivity index (χ3n) is 7.73. The molecule has 8 N–H and O–H groups in total. The number of carbonyl (C=O) groups excluding carboxylic acids is 4. The van der Waals surface area contributed by atoms with Crippen molar-refractivity contribution >= 4 is 36.1 Å². The minimum atomic E-state index is -1.38. The number of carbonyl (C=O) groups is 5. The van der Waals surface area contributed by atoms with Gasteiger partial charge in [-0.25, -0.2) is 9.59 Å². The predicted octanol–water partition coefficient (Wildman–Crippen LogP) is 0.566. The van der Waals surface area contributed by atoms with E-state index >= 15 is 0 Å². The Morgan fingerprint density at radius 2 is 1.64 bits per heavy atom. The molecule has 13 nitrogen and oxygen atoms in total. The first-order valence-electron chi connectivity index (χ1n) is 14.6. The van der Waals surface area contributed by atoms with E-state index in [0.717, 1.165) is 10.5 Å². The van der Waals surface area contributed by atoms with Gasteiger partial charge >= 0.3 is 12.0 Å². The summed E-state index contributed by atoms with van der Waals surface area (Å²) < 4.78 is 0. The molecule has 13 heteroatoms. The second kappa shape index (κ2) is 16.1. The molecule has 0 radical (unpaired) electrons. The predicted molar refractivity (Wildman–Crippen MR) is 164 cm³/mol. The molecule has 0 spiro atoms. The fourth-order valence-corrected chi connectivity index (χ4v) is 5.26. The zero-order valence-electron chi connectivity index (χ0n) is 24.9. The molecule has 4 amide bonds. The average molecular weight is 608 g/mol. The van der Waals surface area contributed by atoms with Crippen LogP contribution in [0.2, 0.25) is 0 Å². The molecule has 0 saturated heterocycles. The summed E-state index contributed by atoms with van der Waals surface area (Å²) in [5.74, 6) is -3.21. The maximum atomic E-state index is 14.5. The van der Waals surface area contributed by atoms with E-state index in [-0.39, 0.29) is 31.8 Å². The number of nitrogens with two attached hydrogens (primary N) is 2. The first kappa shape index (κ1) is 33.6. The molecule has 1 aliphatic rings. The Labute approximate surface area is 256 Å². The number of aliphatic imine (C=N–C) groups is 1. The Morgan fingerprint density at radius 3 is 2.14 bits per heavy atom. The maximum Gasteiger partial charge on any atom is 0.326 e. The Balaban J connectivity index is 1.99. The van der Waals surface area contributed by atoms with Crippen molar-refractivity contribution in [2.75, 3.05) is 6.54 Å². The molecular formula is C31H41N7O6. The second-order valence-corrected chi connectivity index (χ2v) is 10.9. The van der Waals surface area contributed by atoms with Crippen molar-refractivity contribution in [1.29, 1.82) is 0 Å². The van der Waals surface area contributed by atoms with E-state index in [9.17, 15) is 29.1 Å². The van der Waals surface area contributed by atoms with Gasteiger partial charge in [-0.05, 0) is 29.9 Å². The highest BCUT2D eigenvalue weighted by Gasteiger charge is 2.43. The van der Waals surface area contributed by atoms with Crippen LogP contribution in [0.3, 0.4) is 0 Å². The van der Waals surface area contributed by atoms with E-state index in [1.165, 1.54) is 0 Å². The molecule has 6 atom stereocenters. The van der Waals surface area contributed by atoms with E-state index in [4.69, 9.17) is 11.5 Å². The fourth-order valence-electron chi connectivity index (χ4n) is 5.26. The lowest BCUT2D eigenvalue weighted by atomic mass is 9.91. The molecule has 1 heterocycles. The van der Waals surface area contributed by atoms with Crippen molar-refractivity contribution in [2.45, 2.75) is 69.7 Å². The van der Waals surface area contributed by atoms with Gasteiger partial charge in [0.2, 0.25) is 11.8 Å². The fraction of sp³-hybridized carbons (Fsp3) is 0.419. The summed E-state index contributed by atoms with van der Waals surface area (Å²) in [6.45, 7) is 3.83.